The topological polar surface area (TPSA) is 17.8 Å². The van der Waals surface area contributed by atoms with Crippen molar-refractivity contribution in [3.8, 4) is 0 Å². The van der Waals surface area contributed by atoms with Gasteiger partial charge in [-0.2, -0.15) is 5.10 Å². The lowest BCUT2D eigenvalue weighted by atomic mass is 9.89. The third-order valence-corrected chi connectivity index (χ3v) is 2.99. The normalized spacial score (nSPS) is 13.0. The summed E-state index contributed by atoms with van der Waals surface area (Å²) in [4.78, 5) is 0. The van der Waals surface area contributed by atoms with Crippen molar-refractivity contribution in [2.24, 2.45) is 10.8 Å². The summed E-state index contributed by atoms with van der Waals surface area (Å²) in [6.07, 6.45) is 9.15. The molecule has 0 amide bonds. The predicted octanol–water partition coefficient (Wildman–Crippen LogP) is 4.69. The first-order valence-electron chi connectivity index (χ1n) is 7.17. The van der Waals surface area contributed by atoms with Crippen LogP contribution in [0, 0.1) is 10.8 Å². The van der Waals surface area contributed by atoms with Crippen molar-refractivity contribution in [3.63, 3.8) is 0 Å². The minimum absolute atomic E-state index is 0.347. The Morgan fingerprint density at radius 3 is 2.22 bits per heavy atom. The fourth-order valence-corrected chi connectivity index (χ4v) is 2.16. The van der Waals surface area contributed by atoms with Gasteiger partial charge in [0.25, 0.3) is 0 Å². The second-order valence-electron chi connectivity index (χ2n) is 7.87. The third kappa shape index (κ3) is 6.83. The van der Waals surface area contributed by atoms with E-state index in [2.05, 4.69) is 57.5 Å². The fourth-order valence-electron chi connectivity index (χ4n) is 2.16. The van der Waals surface area contributed by atoms with E-state index >= 15 is 0 Å². The van der Waals surface area contributed by atoms with Gasteiger partial charge in [0.1, 0.15) is 0 Å². The molecule has 1 rings (SSSR count). The van der Waals surface area contributed by atoms with Crippen molar-refractivity contribution in [2.45, 2.75) is 73.8 Å². The smallest absolute Gasteiger partial charge is 0.0521 e. The Labute approximate surface area is 113 Å². The van der Waals surface area contributed by atoms with Crippen LogP contribution in [-0.2, 0) is 13.0 Å². The molecule has 0 bridgehead atoms. The van der Waals surface area contributed by atoms with Crippen LogP contribution < -0.4 is 0 Å². The monoisotopic (exact) mass is 250 g/mol. The number of rotatable bonds is 5. The van der Waals surface area contributed by atoms with Gasteiger partial charge < -0.3 is 0 Å². The average molecular weight is 250 g/mol. The molecule has 104 valence electrons. The van der Waals surface area contributed by atoms with Crippen LogP contribution in [0.4, 0.5) is 0 Å². The van der Waals surface area contributed by atoms with Gasteiger partial charge in [-0.15, -0.1) is 0 Å². The standard InChI is InChI=1S/C16H30N2/c1-15(2,3)9-7-8-10-18-13-14(12-17-18)11-16(4,5)6/h12-13H,7-11H2,1-6H3. The lowest BCUT2D eigenvalue weighted by Gasteiger charge is -2.17. The molecule has 0 fully saturated rings. The molecule has 0 spiro atoms. The van der Waals surface area contributed by atoms with Crippen LogP contribution in [0.15, 0.2) is 12.4 Å². The zero-order valence-corrected chi connectivity index (χ0v) is 13.1. The van der Waals surface area contributed by atoms with Crippen LogP contribution in [0.5, 0.6) is 0 Å². The highest BCUT2D eigenvalue weighted by molar-refractivity contribution is 5.06. The van der Waals surface area contributed by atoms with E-state index in [9.17, 15) is 0 Å². The molecule has 0 radical (unpaired) electrons. The van der Waals surface area contributed by atoms with Gasteiger partial charge in [0.15, 0.2) is 0 Å². The van der Waals surface area contributed by atoms with Crippen LogP contribution >= 0.6 is 0 Å². The molecule has 1 aromatic rings. The summed E-state index contributed by atoms with van der Waals surface area (Å²) in [7, 11) is 0. The Balaban J connectivity index is 2.32. The Kier molecular flexibility index (Phi) is 5.01. The molecule has 0 aliphatic rings. The highest BCUT2D eigenvalue weighted by Gasteiger charge is 2.13. The van der Waals surface area contributed by atoms with Gasteiger partial charge in [-0.3, -0.25) is 4.68 Å². The van der Waals surface area contributed by atoms with Gasteiger partial charge in [0.05, 0.1) is 6.20 Å². The van der Waals surface area contributed by atoms with Crippen molar-refractivity contribution in [1.82, 2.24) is 9.78 Å². The van der Waals surface area contributed by atoms with E-state index in [-0.39, 0.29) is 0 Å². The molecule has 2 nitrogen and oxygen atoms in total. The lowest BCUT2D eigenvalue weighted by molar-refractivity contribution is 0.352. The Morgan fingerprint density at radius 1 is 1.00 bits per heavy atom. The summed E-state index contributed by atoms with van der Waals surface area (Å²) < 4.78 is 2.10. The first kappa shape index (κ1) is 15.3. The largest absolute Gasteiger partial charge is 0.272 e. The minimum atomic E-state index is 0.347. The molecular formula is C16H30N2. The minimum Gasteiger partial charge on any atom is -0.272 e. The molecule has 0 saturated heterocycles. The highest BCUT2D eigenvalue weighted by atomic mass is 15.3. The van der Waals surface area contributed by atoms with Gasteiger partial charge >= 0.3 is 0 Å². The molecule has 0 N–H and O–H groups in total. The number of aryl methyl sites for hydroxylation is 1. The van der Waals surface area contributed by atoms with Crippen molar-refractivity contribution in [3.05, 3.63) is 18.0 Å². The predicted molar refractivity (Wildman–Crippen MR) is 78.7 cm³/mol. The van der Waals surface area contributed by atoms with Crippen molar-refractivity contribution >= 4 is 0 Å². The second kappa shape index (κ2) is 5.90. The summed E-state index contributed by atoms with van der Waals surface area (Å²) in [6.45, 7) is 14.8. The summed E-state index contributed by atoms with van der Waals surface area (Å²) in [5.74, 6) is 0. The zero-order valence-electron chi connectivity index (χ0n) is 13.1. The average Bonchev–Trinajstić information content (AvgIpc) is 2.56. The zero-order chi connectivity index (χ0) is 13.8. The summed E-state index contributed by atoms with van der Waals surface area (Å²) in [5, 5.41) is 4.45. The molecule has 1 heterocycles. The van der Waals surface area contributed by atoms with E-state index in [0.29, 0.717) is 10.8 Å². The Morgan fingerprint density at radius 2 is 1.67 bits per heavy atom. The van der Waals surface area contributed by atoms with Crippen molar-refractivity contribution < 1.29 is 0 Å². The summed E-state index contributed by atoms with van der Waals surface area (Å²) >= 11 is 0. The van der Waals surface area contributed by atoms with Crippen LogP contribution in [0.3, 0.4) is 0 Å². The third-order valence-electron chi connectivity index (χ3n) is 2.99. The van der Waals surface area contributed by atoms with E-state index in [1.807, 2.05) is 6.20 Å². The van der Waals surface area contributed by atoms with E-state index in [1.165, 1.54) is 24.8 Å². The quantitative estimate of drug-likeness (QED) is 0.693. The van der Waals surface area contributed by atoms with Crippen LogP contribution in [0.2, 0.25) is 0 Å². The number of unbranched alkanes of at least 4 members (excludes halogenated alkanes) is 1. The van der Waals surface area contributed by atoms with Crippen LogP contribution in [-0.4, -0.2) is 9.78 Å². The SMILES string of the molecule is CC(C)(C)CCCCn1cc(CC(C)(C)C)cn1. The number of hydrogen-bond acceptors (Lipinski definition) is 1. The maximum Gasteiger partial charge on any atom is 0.0521 e. The Hall–Kier alpha value is -0.790. The van der Waals surface area contributed by atoms with E-state index < -0.39 is 0 Å². The number of nitrogens with zero attached hydrogens (tertiary/aromatic N) is 2. The van der Waals surface area contributed by atoms with E-state index in [0.717, 1.165) is 13.0 Å². The molecule has 0 aliphatic carbocycles. The number of aromatic nitrogens is 2. The molecular weight excluding hydrogens is 220 g/mol. The van der Waals surface area contributed by atoms with Gasteiger partial charge in [-0.25, -0.2) is 0 Å². The first-order chi connectivity index (χ1) is 8.16. The van der Waals surface area contributed by atoms with E-state index in [1.54, 1.807) is 0 Å². The van der Waals surface area contributed by atoms with E-state index in [4.69, 9.17) is 0 Å². The molecule has 1 aromatic heterocycles. The molecule has 0 unspecified atom stereocenters. The van der Waals surface area contributed by atoms with Gasteiger partial charge in [-0.1, -0.05) is 48.0 Å². The number of hydrogen-bond donors (Lipinski definition) is 0. The summed E-state index contributed by atoms with van der Waals surface area (Å²) in [6, 6.07) is 0. The van der Waals surface area contributed by atoms with Crippen molar-refractivity contribution in [1.29, 1.82) is 0 Å². The van der Waals surface area contributed by atoms with Crippen LogP contribution in [0.25, 0.3) is 0 Å². The molecule has 0 aliphatic heterocycles. The molecule has 0 atom stereocenters. The molecule has 0 saturated carbocycles. The lowest BCUT2D eigenvalue weighted by Crippen LogP contribution is -2.08. The molecule has 18 heavy (non-hydrogen) atoms. The van der Waals surface area contributed by atoms with Gasteiger partial charge in [0, 0.05) is 12.7 Å². The Bertz CT molecular complexity index is 350. The van der Waals surface area contributed by atoms with Gasteiger partial charge in [-0.05, 0) is 35.7 Å². The molecule has 0 aromatic carbocycles. The fraction of sp³-hybridized carbons (Fsp3) is 0.812. The van der Waals surface area contributed by atoms with Gasteiger partial charge in [0.2, 0.25) is 0 Å². The summed E-state index contributed by atoms with van der Waals surface area (Å²) in [5.41, 5.74) is 2.17. The second-order valence-corrected chi connectivity index (χ2v) is 7.87. The van der Waals surface area contributed by atoms with Crippen LogP contribution in [0.1, 0.15) is 66.4 Å². The molecule has 2 heteroatoms. The maximum absolute atomic E-state index is 4.45. The maximum atomic E-state index is 4.45. The first-order valence-corrected chi connectivity index (χ1v) is 7.17. The van der Waals surface area contributed by atoms with Crippen molar-refractivity contribution in [2.75, 3.05) is 0 Å². The highest BCUT2D eigenvalue weighted by Crippen LogP contribution is 2.22.